The summed E-state index contributed by atoms with van der Waals surface area (Å²) in [5, 5.41) is 7.21. The molecule has 0 unspecified atom stereocenters. The normalized spacial score (nSPS) is 11.0. The number of anilines is 1. The summed E-state index contributed by atoms with van der Waals surface area (Å²) in [7, 11) is 1.90. The number of carbonyl (C=O) groups excluding carboxylic acids is 1. The van der Waals surface area contributed by atoms with Gasteiger partial charge in [0.25, 0.3) is 0 Å². The lowest BCUT2D eigenvalue weighted by atomic mass is 10.1. The van der Waals surface area contributed by atoms with Gasteiger partial charge in [0.2, 0.25) is 5.91 Å². The smallest absolute Gasteiger partial charge is 0.248 e. The molecule has 1 aromatic heterocycles. The number of amides is 1. The number of hydrogen-bond donors (Lipinski definition) is 1. The van der Waals surface area contributed by atoms with Crippen LogP contribution in [-0.2, 0) is 18.3 Å². The van der Waals surface area contributed by atoms with E-state index in [4.69, 9.17) is 0 Å². The van der Waals surface area contributed by atoms with Crippen LogP contribution in [0.3, 0.4) is 0 Å². The highest BCUT2D eigenvalue weighted by molar-refractivity contribution is 6.02. The molecule has 0 atom stereocenters. The van der Waals surface area contributed by atoms with E-state index in [1.807, 2.05) is 55.9 Å². The van der Waals surface area contributed by atoms with Crippen LogP contribution in [0.4, 0.5) is 5.69 Å². The van der Waals surface area contributed by atoms with E-state index in [-0.39, 0.29) is 5.91 Å². The Balaban J connectivity index is 2.09. The molecule has 1 aromatic carbocycles. The van der Waals surface area contributed by atoms with Crippen LogP contribution in [-0.4, -0.2) is 15.7 Å². The highest BCUT2D eigenvalue weighted by Crippen LogP contribution is 2.14. The van der Waals surface area contributed by atoms with Gasteiger partial charge in [0.1, 0.15) is 0 Å². The Bertz CT molecular complexity index is 683. The van der Waals surface area contributed by atoms with Crippen LogP contribution in [0.5, 0.6) is 0 Å². The molecule has 4 heteroatoms. The molecule has 0 bridgehead atoms. The molecule has 0 saturated heterocycles. The third-order valence-corrected chi connectivity index (χ3v) is 3.57. The third kappa shape index (κ3) is 3.60. The van der Waals surface area contributed by atoms with Gasteiger partial charge in [-0.15, -0.1) is 0 Å². The van der Waals surface area contributed by atoms with Gasteiger partial charge in [0.15, 0.2) is 0 Å². The minimum Gasteiger partial charge on any atom is -0.323 e. The monoisotopic (exact) mass is 283 g/mol. The fourth-order valence-electron chi connectivity index (χ4n) is 2.24. The average molecular weight is 283 g/mol. The largest absolute Gasteiger partial charge is 0.323 e. The van der Waals surface area contributed by atoms with E-state index in [9.17, 15) is 4.79 Å². The van der Waals surface area contributed by atoms with E-state index in [1.54, 1.807) is 6.08 Å². The van der Waals surface area contributed by atoms with E-state index in [0.717, 1.165) is 29.1 Å². The standard InChI is InChI=1S/C17H21N3O/c1-5-14-7-6-8-15(11-14)18-17(21)10-9-16-12(2)19-20(4)13(16)3/h6-11H,5H2,1-4H3,(H,18,21)/b10-9+. The van der Waals surface area contributed by atoms with Crippen molar-refractivity contribution < 1.29 is 4.79 Å². The second kappa shape index (κ2) is 6.39. The van der Waals surface area contributed by atoms with Gasteiger partial charge in [-0.05, 0) is 44.0 Å². The van der Waals surface area contributed by atoms with E-state index < -0.39 is 0 Å². The fraction of sp³-hybridized carbons (Fsp3) is 0.294. The maximum atomic E-state index is 12.0. The predicted octanol–water partition coefficient (Wildman–Crippen LogP) is 3.25. The summed E-state index contributed by atoms with van der Waals surface area (Å²) in [5.74, 6) is -0.133. The molecular formula is C17H21N3O. The molecule has 0 spiro atoms. The Morgan fingerprint density at radius 2 is 2.14 bits per heavy atom. The second-order valence-corrected chi connectivity index (χ2v) is 5.08. The molecule has 4 nitrogen and oxygen atoms in total. The first-order valence-electron chi connectivity index (χ1n) is 7.09. The van der Waals surface area contributed by atoms with Crippen molar-refractivity contribution in [3.8, 4) is 0 Å². The third-order valence-electron chi connectivity index (χ3n) is 3.57. The molecule has 0 radical (unpaired) electrons. The highest BCUT2D eigenvalue weighted by Gasteiger charge is 2.06. The number of carbonyl (C=O) groups is 1. The first-order valence-corrected chi connectivity index (χ1v) is 7.09. The summed E-state index contributed by atoms with van der Waals surface area (Å²) in [6.07, 6.45) is 4.32. The molecule has 1 N–H and O–H groups in total. The molecule has 2 rings (SSSR count). The lowest BCUT2D eigenvalue weighted by Gasteiger charge is -2.04. The van der Waals surface area contributed by atoms with Crippen LogP contribution in [0.1, 0.15) is 29.4 Å². The zero-order valence-corrected chi connectivity index (χ0v) is 13.0. The van der Waals surface area contributed by atoms with Crippen molar-refractivity contribution >= 4 is 17.7 Å². The Hall–Kier alpha value is -2.36. The topological polar surface area (TPSA) is 46.9 Å². The van der Waals surface area contributed by atoms with Crippen molar-refractivity contribution in [3.05, 3.63) is 52.9 Å². The van der Waals surface area contributed by atoms with Crippen LogP contribution < -0.4 is 5.32 Å². The number of hydrogen-bond acceptors (Lipinski definition) is 2. The van der Waals surface area contributed by atoms with Crippen molar-refractivity contribution in [2.75, 3.05) is 5.32 Å². The maximum Gasteiger partial charge on any atom is 0.248 e. The Labute approximate surface area is 125 Å². The lowest BCUT2D eigenvalue weighted by Crippen LogP contribution is -2.07. The van der Waals surface area contributed by atoms with Gasteiger partial charge < -0.3 is 5.32 Å². The first kappa shape index (κ1) is 15.0. The maximum absolute atomic E-state index is 12.0. The van der Waals surface area contributed by atoms with E-state index in [0.29, 0.717) is 0 Å². The van der Waals surface area contributed by atoms with Crippen molar-refractivity contribution in [1.29, 1.82) is 0 Å². The molecule has 0 aliphatic heterocycles. The summed E-state index contributed by atoms with van der Waals surface area (Å²) >= 11 is 0. The van der Waals surface area contributed by atoms with Crippen LogP contribution in [0, 0.1) is 13.8 Å². The van der Waals surface area contributed by atoms with Gasteiger partial charge in [-0.2, -0.15) is 5.10 Å². The van der Waals surface area contributed by atoms with Crippen molar-refractivity contribution in [1.82, 2.24) is 9.78 Å². The summed E-state index contributed by atoms with van der Waals surface area (Å²) in [4.78, 5) is 12.0. The molecule has 0 saturated carbocycles. The molecular weight excluding hydrogens is 262 g/mol. The molecule has 110 valence electrons. The molecule has 1 amide bonds. The van der Waals surface area contributed by atoms with E-state index in [1.165, 1.54) is 5.56 Å². The average Bonchev–Trinajstić information content (AvgIpc) is 2.70. The summed E-state index contributed by atoms with van der Waals surface area (Å²) in [6, 6.07) is 7.89. The Morgan fingerprint density at radius 1 is 1.38 bits per heavy atom. The molecule has 0 aliphatic carbocycles. The lowest BCUT2D eigenvalue weighted by molar-refractivity contribution is -0.111. The minimum absolute atomic E-state index is 0.133. The van der Waals surface area contributed by atoms with Gasteiger partial charge in [-0.25, -0.2) is 0 Å². The van der Waals surface area contributed by atoms with Crippen molar-refractivity contribution in [3.63, 3.8) is 0 Å². The van der Waals surface area contributed by atoms with E-state index in [2.05, 4.69) is 17.3 Å². The van der Waals surface area contributed by atoms with Gasteiger partial charge in [-0.3, -0.25) is 9.48 Å². The first-order chi connectivity index (χ1) is 10.0. The predicted molar refractivity (Wildman–Crippen MR) is 86.2 cm³/mol. The molecule has 0 fully saturated rings. The summed E-state index contributed by atoms with van der Waals surface area (Å²) in [6.45, 7) is 6.02. The molecule has 21 heavy (non-hydrogen) atoms. The van der Waals surface area contributed by atoms with Gasteiger partial charge in [0.05, 0.1) is 5.69 Å². The van der Waals surface area contributed by atoms with Gasteiger partial charge in [0, 0.05) is 30.1 Å². The summed E-state index contributed by atoms with van der Waals surface area (Å²) < 4.78 is 1.82. The van der Waals surface area contributed by atoms with Crippen LogP contribution in [0.15, 0.2) is 30.3 Å². The number of nitrogens with one attached hydrogen (secondary N) is 1. The van der Waals surface area contributed by atoms with Gasteiger partial charge >= 0.3 is 0 Å². The second-order valence-electron chi connectivity index (χ2n) is 5.08. The van der Waals surface area contributed by atoms with Gasteiger partial charge in [-0.1, -0.05) is 19.1 Å². The molecule has 1 heterocycles. The quantitative estimate of drug-likeness (QED) is 0.876. The zero-order valence-electron chi connectivity index (χ0n) is 13.0. The van der Waals surface area contributed by atoms with Crippen LogP contribution in [0.2, 0.25) is 0 Å². The SMILES string of the molecule is CCc1cccc(NC(=O)/C=C/c2c(C)nn(C)c2C)c1. The van der Waals surface area contributed by atoms with Crippen molar-refractivity contribution in [2.24, 2.45) is 7.05 Å². The van der Waals surface area contributed by atoms with E-state index >= 15 is 0 Å². The Kier molecular flexibility index (Phi) is 4.58. The molecule has 0 aliphatic rings. The number of aryl methyl sites for hydroxylation is 3. The number of benzene rings is 1. The van der Waals surface area contributed by atoms with Crippen LogP contribution >= 0.6 is 0 Å². The highest BCUT2D eigenvalue weighted by atomic mass is 16.1. The number of aromatic nitrogens is 2. The summed E-state index contributed by atoms with van der Waals surface area (Å²) in [5.41, 5.74) is 4.99. The Morgan fingerprint density at radius 3 is 2.76 bits per heavy atom. The number of nitrogens with zero attached hydrogens (tertiary/aromatic N) is 2. The zero-order chi connectivity index (χ0) is 15.4. The molecule has 2 aromatic rings. The van der Waals surface area contributed by atoms with Crippen molar-refractivity contribution in [2.45, 2.75) is 27.2 Å². The fourth-order valence-corrected chi connectivity index (χ4v) is 2.24. The minimum atomic E-state index is -0.133. The number of rotatable bonds is 4. The van der Waals surface area contributed by atoms with Crippen LogP contribution in [0.25, 0.3) is 6.08 Å².